The van der Waals surface area contributed by atoms with Crippen LogP contribution in [0.1, 0.15) is 63.6 Å². The molecule has 0 amide bonds. The van der Waals surface area contributed by atoms with Gasteiger partial charge in [0, 0.05) is 25.5 Å². The first kappa shape index (κ1) is 22.1. The summed E-state index contributed by atoms with van der Waals surface area (Å²) in [6.07, 6.45) is 6.98. The van der Waals surface area contributed by atoms with Gasteiger partial charge in [-0.3, -0.25) is 4.79 Å². The van der Waals surface area contributed by atoms with Crippen molar-refractivity contribution in [3.05, 3.63) is 17.1 Å². The normalized spacial score (nSPS) is 12.5. The van der Waals surface area contributed by atoms with Crippen molar-refractivity contribution >= 4 is 45.0 Å². The summed E-state index contributed by atoms with van der Waals surface area (Å²) in [4.78, 5) is 25.0. The fraction of sp³-hybridized carbons (Fsp3) is 0.550. The second-order valence-corrected chi connectivity index (χ2v) is 6.77. The minimum atomic E-state index is 0.128. The lowest BCUT2D eigenvalue weighted by Gasteiger charge is -2.15. The predicted molar refractivity (Wildman–Crippen MR) is 115 cm³/mol. The lowest BCUT2D eigenvalue weighted by molar-refractivity contribution is 0.0970. The van der Waals surface area contributed by atoms with E-state index >= 15 is 0 Å². The largest absolute Gasteiger partial charge is 0.387 e. The third-order valence-electron chi connectivity index (χ3n) is 3.59. The number of carbonyl (C=O) groups is 1. The fourth-order valence-corrected chi connectivity index (χ4v) is 3.51. The number of pyridine rings is 1. The molecule has 2 aromatic rings. The molecule has 0 aliphatic carbocycles. The maximum Gasteiger partial charge on any atom is 0.194 e. The van der Waals surface area contributed by atoms with E-state index in [2.05, 4.69) is 36.1 Å². The molecule has 0 saturated heterocycles. The highest BCUT2D eigenvalue weighted by Gasteiger charge is 2.24. The average molecular weight is 377 g/mol. The van der Waals surface area contributed by atoms with E-state index in [0.29, 0.717) is 6.54 Å². The van der Waals surface area contributed by atoms with E-state index in [-0.39, 0.29) is 5.78 Å². The molecular formula is C20H32N4OS. The number of anilines is 1. The first-order chi connectivity index (χ1) is 12.7. The minimum absolute atomic E-state index is 0.128. The van der Waals surface area contributed by atoms with Crippen LogP contribution < -0.4 is 5.32 Å². The van der Waals surface area contributed by atoms with Crippen molar-refractivity contribution in [1.82, 2.24) is 9.88 Å². The molecule has 1 N–H and O–H groups in total. The summed E-state index contributed by atoms with van der Waals surface area (Å²) in [6, 6.07) is 1.91. The quantitative estimate of drug-likeness (QED) is 0.739. The fourth-order valence-electron chi connectivity index (χ4n) is 2.46. The average Bonchev–Trinajstić information content (AvgIpc) is 2.97. The number of fused-ring (bicyclic) bond motifs is 3. The molecule has 0 bridgehead atoms. The third-order valence-corrected chi connectivity index (χ3v) is 4.71. The van der Waals surface area contributed by atoms with Crippen LogP contribution in [0.2, 0.25) is 0 Å². The molecule has 2 aromatic heterocycles. The maximum atomic E-state index is 12.5. The topological polar surface area (TPSA) is 57.6 Å². The minimum Gasteiger partial charge on any atom is -0.387 e. The number of thiophene rings is 1. The molecule has 0 spiro atoms. The van der Waals surface area contributed by atoms with Gasteiger partial charge in [-0.15, -0.1) is 11.3 Å². The van der Waals surface area contributed by atoms with Gasteiger partial charge in [0.1, 0.15) is 9.71 Å². The molecule has 0 fully saturated rings. The van der Waals surface area contributed by atoms with E-state index in [4.69, 9.17) is 0 Å². The van der Waals surface area contributed by atoms with Gasteiger partial charge in [0.15, 0.2) is 5.78 Å². The van der Waals surface area contributed by atoms with Crippen molar-refractivity contribution < 1.29 is 4.79 Å². The van der Waals surface area contributed by atoms with Crippen molar-refractivity contribution in [2.75, 3.05) is 25.5 Å². The Balaban J connectivity index is 0.000000615. The van der Waals surface area contributed by atoms with Crippen LogP contribution in [0.4, 0.5) is 11.4 Å². The molecule has 0 unspecified atom stereocenters. The van der Waals surface area contributed by atoms with Crippen LogP contribution >= 0.6 is 11.3 Å². The number of ketones is 1. The smallest absolute Gasteiger partial charge is 0.194 e. The van der Waals surface area contributed by atoms with Crippen LogP contribution in [0.5, 0.6) is 0 Å². The standard InChI is InChI=1S/C15H18N4OS.C3H8.C2H6/c1-3-4-7-19-8-11(20)14-13(18-9-19)12-10(16-2)5-6-17-15(12)21-14;1-3-2;1-2/h5-6,9H,3-4,7-8H2,1-2H3,(H,16,17);3H2,1-2H3;1-2H3. The monoisotopic (exact) mass is 376 g/mol. The van der Waals surface area contributed by atoms with Gasteiger partial charge in [-0.1, -0.05) is 47.5 Å². The van der Waals surface area contributed by atoms with Gasteiger partial charge in [0.2, 0.25) is 0 Å². The highest BCUT2D eigenvalue weighted by atomic mass is 32.1. The van der Waals surface area contributed by atoms with Crippen molar-refractivity contribution in [2.45, 2.75) is 53.9 Å². The van der Waals surface area contributed by atoms with E-state index in [0.717, 1.165) is 45.9 Å². The number of unbranched alkanes of at least 4 members (excludes halogenated alkanes) is 1. The number of rotatable bonds is 4. The molecule has 0 saturated carbocycles. The number of nitrogens with one attached hydrogen (secondary N) is 1. The Labute approximate surface area is 161 Å². The van der Waals surface area contributed by atoms with Gasteiger partial charge in [0.05, 0.1) is 24.0 Å². The van der Waals surface area contributed by atoms with Gasteiger partial charge < -0.3 is 10.2 Å². The highest BCUT2D eigenvalue weighted by molar-refractivity contribution is 7.21. The molecule has 144 valence electrons. The highest BCUT2D eigenvalue weighted by Crippen LogP contribution is 2.41. The number of nitrogens with zero attached hydrogens (tertiary/aromatic N) is 3. The number of hydrogen-bond donors (Lipinski definition) is 1. The summed E-state index contributed by atoms with van der Waals surface area (Å²) in [7, 11) is 1.87. The Morgan fingerprint density at radius 1 is 1.27 bits per heavy atom. The lowest BCUT2D eigenvalue weighted by Crippen LogP contribution is -2.28. The Kier molecular flexibility index (Phi) is 9.88. The van der Waals surface area contributed by atoms with Crippen molar-refractivity contribution in [1.29, 1.82) is 0 Å². The molecule has 1 aliphatic rings. The summed E-state index contributed by atoms with van der Waals surface area (Å²) in [5, 5.41) is 4.10. The summed E-state index contributed by atoms with van der Waals surface area (Å²) < 4.78 is 0. The second kappa shape index (κ2) is 11.6. The Morgan fingerprint density at radius 2 is 1.96 bits per heavy atom. The van der Waals surface area contributed by atoms with E-state index in [1.165, 1.54) is 17.8 Å². The van der Waals surface area contributed by atoms with E-state index in [1.54, 1.807) is 12.5 Å². The number of aromatic nitrogens is 1. The summed E-state index contributed by atoms with van der Waals surface area (Å²) in [5.74, 6) is 0.128. The molecule has 5 nitrogen and oxygen atoms in total. The zero-order valence-corrected chi connectivity index (χ0v) is 17.7. The summed E-state index contributed by atoms with van der Waals surface area (Å²) in [5.41, 5.74) is 1.72. The van der Waals surface area contributed by atoms with E-state index < -0.39 is 0 Å². The zero-order chi connectivity index (χ0) is 19.5. The first-order valence-corrected chi connectivity index (χ1v) is 10.4. The van der Waals surface area contributed by atoms with Gasteiger partial charge in [-0.25, -0.2) is 9.98 Å². The van der Waals surface area contributed by atoms with Crippen molar-refractivity contribution in [3.63, 3.8) is 0 Å². The summed E-state index contributed by atoms with van der Waals surface area (Å²) in [6.45, 7) is 11.7. The molecule has 0 atom stereocenters. The third kappa shape index (κ3) is 5.27. The number of carbonyl (C=O) groups excluding carboxylic acids is 1. The molecule has 26 heavy (non-hydrogen) atoms. The Hall–Kier alpha value is -1.95. The Morgan fingerprint density at radius 3 is 2.58 bits per heavy atom. The van der Waals surface area contributed by atoms with Crippen molar-refractivity contribution in [2.24, 2.45) is 4.99 Å². The molecule has 0 radical (unpaired) electrons. The van der Waals surface area contributed by atoms with Gasteiger partial charge in [0.25, 0.3) is 0 Å². The number of aliphatic imine (C=N–C) groups is 1. The molecule has 3 heterocycles. The molecular weight excluding hydrogens is 344 g/mol. The SMILES string of the molecule is CC.CCC.CCCCN1C=Nc2c(sc3nccc(NC)c23)C(=O)C1. The number of Topliss-reactive ketones (excluding diaryl/α,β-unsaturated/α-hetero) is 1. The predicted octanol–water partition coefficient (Wildman–Crippen LogP) is 5.74. The molecule has 3 rings (SSSR count). The number of hydrogen-bond acceptors (Lipinski definition) is 6. The first-order valence-electron chi connectivity index (χ1n) is 9.56. The lowest BCUT2D eigenvalue weighted by atomic mass is 10.2. The van der Waals surface area contributed by atoms with Crippen LogP contribution in [0.3, 0.4) is 0 Å². The van der Waals surface area contributed by atoms with Gasteiger partial charge >= 0.3 is 0 Å². The molecule has 1 aliphatic heterocycles. The van der Waals surface area contributed by atoms with E-state index in [1.807, 2.05) is 31.9 Å². The molecule has 6 heteroatoms. The van der Waals surface area contributed by atoms with Crippen LogP contribution in [-0.2, 0) is 0 Å². The van der Waals surface area contributed by atoms with Crippen LogP contribution in [0.25, 0.3) is 10.2 Å². The van der Waals surface area contributed by atoms with Gasteiger partial charge in [-0.2, -0.15) is 0 Å². The Bertz CT molecular complexity index is 724. The van der Waals surface area contributed by atoms with Crippen LogP contribution in [-0.4, -0.2) is 42.1 Å². The van der Waals surface area contributed by atoms with Crippen LogP contribution in [0, 0.1) is 0 Å². The molecule has 0 aromatic carbocycles. The second-order valence-electron chi connectivity index (χ2n) is 5.77. The maximum absolute atomic E-state index is 12.5. The summed E-state index contributed by atoms with van der Waals surface area (Å²) >= 11 is 1.44. The van der Waals surface area contributed by atoms with Crippen molar-refractivity contribution in [3.8, 4) is 0 Å². The zero-order valence-electron chi connectivity index (χ0n) is 16.9. The van der Waals surface area contributed by atoms with Gasteiger partial charge in [-0.05, 0) is 12.5 Å². The van der Waals surface area contributed by atoms with E-state index in [9.17, 15) is 4.79 Å². The van der Waals surface area contributed by atoms with Crippen LogP contribution in [0.15, 0.2) is 17.3 Å².